The number of carbonyl (C=O) groups is 1. The molecule has 0 aliphatic heterocycles. The van der Waals surface area contributed by atoms with Crippen molar-refractivity contribution in [2.24, 2.45) is 0 Å². The molecule has 0 radical (unpaired) electrons. The minimum absolute atomic E-state index is 0.0717. The Morgan fingerprint density at radius 2 is 1.43 bits per heavy atom. The number of carbonyl (C=O) groups excluding carboxylic acids is 1. The number of allylic oxidation sites excluding steroid dienone is 5. The molecule has 0 aromatic carbocycles. The van der Waals surface area contributed by atoms with Crippen molar-refractivity contribution >= 4 is 5.97 Å². The van der Waals surface area contributed by atoms with Crippen LogP contribution >= 0.6 is 0 Å². The number of ether oxygens (including phenoxy) is 1. The van der Waals surface area contributed by atoms with Crippen LogP contribution in [-0.2, 0) is 9.53 Å². The molecule has 2 heteroatoms. The Labute approximate surface area is 143 Å². The first-order valence-electron chi connectivity index (χ1n) is 9.06. The predicted octanol–water partition coefficient (Wildman–Crippen LogP) is 6.53. The molecule has 0 heterocycles. The van der Waals surface area contributed by atoms with Crippen molar-refractivity contribution in [1.82, 2.24) is 0 Å². The van der Waals surface area contributed by atoms with Crippen LogP contribution in [0.3, 0.4) is 0 Å². The van der Waals surface area contributed by atoms with E-state index in [2.05, 4.69) is 46.8 Å². The van der Waals surface area contributed by atoms with Gasteiger partial charge in [-0.15, -0.1) is 0 Å². The fourth-order valence-corrected chi connectivity index (χ4v) is 2.21. The molecule has 0 unspecified atom stereocenters. The van der Waals surface area contributed by atoms with E-state index in [1.54, 1.807) is 0 Å². The molecule has 0 aromatic heterocycles. The smallest absolute Gasteiger partial charge is 0.306 e. The number of unbranched alkanes of at least 4 members (excludes halogenated alkanes) is 2. The third-order valence-electron chi connectivity index (χ3n) is 3.78. The lowest BCUT2D eigenvalue weighted by Gasteiger charge is -2.04. The van der Waals surface area contributed by atoms with Crippen LogP contribution in [0.25, 0.3) is 0 Å². The van der Waals surface area contributed by atoms with Gasteiger partial charge >= 0.3 is 5.97 Å². The number of esters is 1. The van der Waals surface area contributed by atoms with Crippen LogP contribution in [0.2, 0.25) is 0 Å². The molecule has 0 N–H and O–H groups in total. The largest absolute Gasteiger partial charge is 0.461 e. The van der Waals surface area contributed by atoms with Crippen molar-refractivity contribution in [2.45, 2.75) is 86.0 Å². The van der Waals surface area contributed by atoms with E-state index >= 15 is 0 Å². The second-order valence-corrected chi connectivity index (χ2v) is 6.60. The van der Waals surface area contributed by atoms with Crippen molar-refractivity contribution in [1.29, 1.82) is 0 Å². The standard InChI is InChI=1S/C21H36O2/c1-6-7-8-15-21(22)23-17-16-20(5)14-10-13-19(4)12-9-11-18(2)3/h11,13,16H,6-10,12,14-15,17H2,1-5H3/b19-13+,20-16-. The molecule has 0 aromatic rings. The van der Waals surface area contributed by atoms with Crippen LogP contribution in [0, 0.1) is 0 Å². The van der Waals surface area contributed by atoms with Crippen LogP contribution in [0.1, 0.15) is 86.0 Å². The highest BCUT2D eigenvalue weighted by atomic mass is 16.5. The summed E-state index contributed by atoms with van der Waals surface area (Å²) in [5.74, 6) is -0.0717. The molecule has 0 bridgehead atoms. The van der Waals surface area contributed by atoms with E-state index in [4.69, 9.17) is 4.74 Å². The van der Waals surface area contributed by atoms with Gasteiger partial charge in [0, 0.05) is 6.42 Å². The van der Waals surface area contributed by atoms with Gasteiger partial charge in [0.05, 0.1) is 0 Å². The predicted molar refractivity (Wildman–Crippen MR) is 101 cm³/mol. The van der Waals surface area contributed by atoms with Crippen molar-refractivity contribution < 1.29 is 9.53 Å². The summed E-state index contributed by atoms with van der Waals surface area (Å²) in [4.78, 5) is 11.5. The van der Waals surface area contributed by atoms with Gasteiger partial charge in [-0.2, -0.15) is 0 Å². The fraction of sp³-hybridized carbons (Fsp3) is 0.667. The van der Waals surface area contributed by atoms with E-state index in [-0.39, 0.29) is 5.97 Å². The lowest BCUT2D eigenvalue weighted by molar-refractivity contribution is -0.142. The molecule has 0 saturated heterocycles. The fourth-order valence-electron chi connectivity index (χ4n) is 2.21. The molecule has 0 aliphatic carbocycles. The number of rotatable bonds is 12. The summed E-state index contributed by atoms with van der Waals surface area (Å²) >= 11 is 0. The molecule has 0 amide bonds. The first-order valence-corrected chi connectivity index (χ1v) is 9.06. The minimum Gasteiger partial charge on any atom is -0.461 e. The van der Waals surface area contributed by atoms with Gasteiger partial charge in [0.2, 0.25) is 0 Å². The third kappa shape index (κ3) is 15.4. The maximum Gasteiger partial charge on any atom is 0.306 e. The highest BCUT2D eigenvalue weighted by Crippen LogP contribution is 2.11. The zero-order valence-electron chi connectivity index (χ0n) is 15.9. The Balaban J connectivity index is 3.85. The highest BCUT2D eigenvalue weighted by molar-refractivity contribution is 5.69. The second kappa shape index (κ2) is 14.3. The van der Waals surface area contributed by atoms with Crippen LogP contribution in [-0.4, -0.2) is 12.6 Å². The van der Waals surface area contributed by atoms with Gasteiger partial charge in [0.1, 0.15) is 6.61 Å². The molecule has 0 aliphatic rings. The molecule has 0 rings (SSSR count). The van der Waals surface area contributed by atoms with E-state index in [9.17, 15) is 4.79 Å². The highest BCUT2D eigenvalue weighted by Gasteiger charge is 2.00. The lowest BCUT2D eigenvalue weighted by Crippen LogP contribution is -2.04. The Hall–Kier alpha value is -1.31. The lowest BCUT2D eigenvalue weighted by atomic mass is 10.1. The molecule has 23 heavy (non-hydrogen) atoms. The summed E-state index contributed by atoms with van der Waals surface area (Å²) in [6.07, 6.45) is 14.7. The monoisotopic (exact) mass is 320 g/mol. The van der Waals surface area contributed by atoms with E-state index in [0.29, 0.717) is 13.0 Å². The second-order valence-electron chi connectivity index (χ2n) is 6.60. The quantitative estimate of drug-likeness (QED) is 0.232. The first kappa shape index (κ1) is 21.7. The van der Waals surface area contributed by atoms with Gasteiger partial charge in [-0.25, -0.2) is 0 Å². The summed E-state index contributed by atoms with van der Waals surface area (Å²) in [5, 5.41) is 0. The van der Waals surface area contributed by atoms with E-state index in [0.717, 1.165) is 44.9 Å². The van der Waals surface area contributed by atoms with Crippen LogP contribution in [0.4, 0.5) is 0 Å². The maximum atomic E-state index is 11.5. The average molecular weight is 321 g/mol. The summed E-state index contributed by atoms with van der Waals surface area (Å²) in [6, 6.07) is 0. The molecule has 0 saturated carbocycles. The summed E-state index contributed by atoms with van der Waals surface area (Å²) in [6.45, 7) is 11.1. The summed E-state index contributed by atoms with van der Waals surface area (Å²) in [7, 11) is 0. The molecular weight excluding hydrogens is 284 g/mol. The van der Waals surface area contributed by atoms with Gasteiger partial charge in [-0.1, -0.05) is 48.6 Å². The van der Waals surface area contributed by atoms with Crippen molar-refractivity contribution in [2.75, 3.05) is 6.61 Å². The Morgan fingerprint density at radius 3 is 2.04 bits per heavy atom. The third-order valence-corrected chi connectivity index (χ3v) is 3.78. The topological polar surface area (TPSA) is 26.3 Å². The summed E-state index contributed by atoms with van der Waals surface area (Å²) < 4.78 is 5.22. The van der Waals surface area contributed by atoms with Gasteiger partial charge in [-0.05, 0) is 65.9 Å². The summed E-state index contributed by atoms with van der Waals surface area (Å²) in [5.41, 5.74) is 4.14. The van der Waals surface area contributed by atoms with Crippen molar-refractivity contribution in [3.63, 3.8) is 0 Å². The van der Waals surface area contributed by atoms with E-state index < -0.39 is 0 Å². The zero-order chi connectivity index (χ0) is 17.5. The van der Waals surface area contributed by atoms with Gasteiger partial charge in [0.25, 0.3) is 0 Å². The first-order chi connectivity index (χ1) is 11.0. The zero-order valence-corrected chi connectivity index (χ0v) is 15.9. The maximum absolute atomic E-state index is 11.5. The Bertz CT molecular complexity index is 410. The van der Waals surface area contributed by atoms with Gasteiger partial charge in [-0.3, -0.25) is 4.79 Å². The molecule has 132 valence electrons. The Morgan fingerprint density at radius 1 is 0.826 bits per heavy atom. The molecule has 0 spiro atoms. The average Bonchev–Trinajstić information content (AvgIpc) is 2.47. The minimum atomic E-state index is -0.0717. The van der Waals surface area contributed by atoms with Crippen LogP contribution in [0.15, 0.2) is 34.9 Å². The van der Waals surface area contributed by atoms with E-state index in [1.165, 1.54) is 16.7 Å². The number of hydrogen-bond donors (Lipinski definition) is 0. The van der Waals surface area contributed by atoms with Crippen molar-refractivity contribution in [3.8, 4) is 0 Å². The normalized spacial score (nSPS) is 12.2. The van der Waals surface area contributed by atoms with Crippen LogP contribution < -0.4 is 0 Å². The molecule has 2 nitrogen and oxygen atoms in total. The van der Waals surface area contributed by atoms with Gasteiger partial charge in [0.15, 0.2) is 0 Å². The number of hydrogen-bond acceptors (Lipinski definition) is 2. The SMILES string of the molecule is CCCCCC(=O)OC/C=C(/C)CC/C=C(\C)CCC=C(C)C. The molecule has 0 fully saturated rings. The Kier molecular flexibility index (Phi) is 13.5. The molecular formula is C21H36O2. The van der Waals surface area contributed by atoms with Crippen molar-refractivity contribution in [3.05, 3.63) is 34.9 Å². The van der Waals surface area contributed by atoms with E-state index in [1.807, 2.05) is 6.08 Å². The van der Waals surface area contributed by atoms with Crippen LogP contribution in [0.5, 0.6) is 0 Å². The molecule has 0 atom stereocenters. The van der Waals surface area contributed by atoms with Gasteiger partial charge < -0.3 is 4.74 Å².